The smallest absolute Gasteiger partial charge is 0.407 e. The van der Waals surface area contributed by atoms with Crippen LogP contribution in [0.1, 0.15) is 175 Å². The molecule has 4 aliphatic rings. The number of aliphatic hydroxyl groups is 2. The molecule has 2 aromatic carbocycles. The number of nitrogens with zero attached hydrogens (tertiary/aromatic N) is 2. The number of rotatable bonds is 17. The maximum atomic E-state index is 15.2. The van der Waals surface area contributed by atoms with Crippen molar-refractivity contribution < 1.29 is 86.8 Å². The van der Waals surface area contributed by atoms with E-state index >= 15 is 9.59 Å². The van der Waals surface area contributed by atoms with E-state index < -0.39 is 186 Å². The summed E-state index contributed by atoms with van der Waals surface area (Å²) in [5.41, 5.74) is -1.27. The summed E-state index contributed by atoms with van der Waals surface area (Å²) in [4.78, 5) is 190. The van der Waals surface area contributed by atoms with Crippen LogP contribution in [0, 0.1) is 23.7 Å². The molecule has 2 bridgehead atoms. The van der Waals surface area contributed by atoms with Gasteiger partial charge in [0.1, 0.15) is 83.9 Å². The average molecular weight is 1420 g/mol. The number of benzene rings is 2. The first kappa shape index (κ1) is 81.2. The van der Waals surface area contributed by atoms with Gasteiger partial charge in [0.25, 0.3) is 17.7 Å². The number of ether oxygens (including phenoxy) is 3. The fraction of sp³-hybridized carbons (Fsp3) is 0.648. The van der Waals surface area contributed by atoms with E-state index in [0.29, 0.717) is 16.9 Å². The van der Waals surface area contributed by atoms with Crippen LogP contribution >= 0.6 is 0 Å². The predicted octanol–water partition coefficient (Wildman–Crippen LogP) is 1.91. The Balaban J connectivity index is 1.45. The van der Waals surface area contributed by atoms with Gasteiger partial charge >= 0.3 is 12.2 Å². The highest BCUT2D eigenvalue weighted by atomic mass is 16.6. The number of carbonyl (C=O) groups is 13. The minimum Gasteiger partial charge on any atom is -0.444 e. The standard InChI is InChI=1S/C71H106N12O18/c1-37(2)33-46-57(86)74-36-50-54(84)55(85)53(83-65(94)42-25-18-19-26-43(42)66(83)95)56(99-50)64(93)81-52(40(7)8)63(92)76-45(28-21-31-73-69(98)101-71(12,13)14)59(88)78-47(34-38(3)4)60(89)79-48(35-41-23-16-15-17-24-41)67(96)82-32-22-29-49(82)61(90)80-51(39(5)6)62(91)75-44(58(87)77-46)27-20-30-72-68(97)100-70(9,10)11/h15-19,23-26,37-40,44-56,84-85H,20-22,27-36H2,1-14H3,(H,72,97)(H,73,98)(H,74,86)(H,75,91)(H,76,92)(H,77,87)(H,78,88)(H,79,89)(H,80,90)(H,81,93)/t44-,45-,46-,47-,48+,49-,50+,51-,52-,53+,54+,55+,56+/m0/s1. The van der Waals surface area contributed by atoms with E-state index in [0.717, 1.165) is 0 Å². The summed E-state index contributed by atoms with van der Waals surface area (Å²) in [6, 6.07) is 1.28. The lowest BCUT2D eigenvalue weighted by Gasteiger charge is -2.45. The van der Waals surface area contributed by atoms with Gasteiger partial charge in [-0.25, -0.2) is 9.59 Å². The number of amides is 13. The highest BCUT2D eigenvalue weighted by Crippen LogP contribution is 2.33. The van der Waals surface area contributed by atoms with Gasteiger partial charge in [-0.2, -0.15) is 0 Å². The molecule has 0 unspecified atom stereocenters. The monoisotopic (exact) mass is 1410 g/mol. The quantitative estimate of drug-likeness (QED) is 0.0795. The van der Waals surface area contributed by atoms with E-state index in [1.54, 1.807) is 127 Å². The molecule has 4 heterocycles. The summed E-state index contributed by atoms with van der Waals surface area (Å²) in [5, 5.41) is 51.3. The van der Waals surface area contributed by atoms with Gasteiger partial charge in [0.2, 0.25) is 47.3 Å². The summed E-state index contributed by atoms with van der Waals surface area (Å²) in [6.45, 7) is 22.8. The summed E-state index contributed by atoms with van der Waals surface area (Å²) in [7, 11) is 0. The summed E-state index contributed by atoms with van der Waals surface area (Å²) < 4.78 is 17.1. The third-order valence-electron chi connectivity index (χ3n) is 17.4. The Kier molecular flexibility index (Phi) is 29.1. The van der Waals surface area contributed by atoms with Crippen LogP contribution < -0.4 is 53.2 Å². The molecule has 0 aromatic heterocycles. The fourth-order valence-corrected chi connectivity index (χ4v) is 12.4. The van der Waals surface area contributed by atoms with Crippen LogP contribution in [0.15, 0.2) is 54.6 Å². The first-order valence-electron chi connectivity index (χ1n) is 35.0. The molecular weight excluding hydrogens is 1310 g/mol. The summed E-state index contributed by atoms with van der Waals surface area (Å²) in [6.07, 6.45) is -9.42. The third kappa shape index (κ3) is 23.1. The number of carbonyl (C=O) groups excluding carboxylic acids is 13. The van der Waals surface area contributed by atoms with Crippen molar-refractivity contribution in [3.05, 3.63) is 71.3 Å². The highest BCUT2D eigenvalue weighted by molar-refractivity contribution is 6.22. The maximum absolute atomic E-state index is 15.2. The Labute approximate surface area is 590 Å². The highest BCUT2D eigenvalue weighted by Gasteiger charge is 2.56. The number of aliphatic hydroxyl groups excluding tert-OH is 2. The van der Waals surface area contributed by atoms with Crippen LogP contribution in [0.25, 0.3) is 0 Å². The minimum atomic E-state index is -2.18. The van der Waals surface area contributed by atoms with Crippen molar-refractivity contribution in [2.75, 3.05) is 26.2 Å². The normalized spacial score (nSPS) is 26.7. The van der Waals surface area contributed by atoms with E-state index in [9.17, 15) is 63.0 Å². The first-order chi connectivity index (χ1) is 47.3. The Morgan fingerprint density at radius 3 is 1.45 bits per heavy atom. The van der Waals surface area contributed by atoms with Crippen molar-refractivity contribution in [3.63, 3.8) is 0 Å². The number of imide groups is 1. The Morgan fingerprint density at radius 1 is 0.545 bits per heavy atom. The number of hydrogen-bond donors (Lipinski definition) is 12. The molecule has 12 N–H and O–H groups in total. The molecule has 558 valence electrons. The SMILES string of the molecule is CC(C)C[C@@H]1NC(=O)[C@H](CCCNC(=O)OC(C)(C)C)NC(=O)[C@H](C(C)C)NC(=O)[C@@H]2CCCN2C(=O)[C@@H](Cc2ccccc2)NC(=O)[C@H](CC(C)C)NC(=O)[C@H](CCCNC(=O)OC(C)(C)C)NC(=O)[C@H](C(C)C)NC(=O)[C@@H]2O[C@H](CNC1=O)[C@@H](O)[C@H](O)[C@H]2N1C(=O)c2ccccc2C1=O. The number of alkyl carbamates (subject to hydrolysis) is 2. The summed E-state index contributed by atoms with van der Waals surface area (Å²) in [5.74, 6) is -11.7. The van der Waals surface area contributed by atoms with Gasteiger partial charge in [-0.1, -0.05) is 97.9 Å². The molecule has 30 heteroatoms. The van der Waals surface area contributed by atoms with Crippen LogP contribution in [0.2, 0.25) is 0 Å². The van der Waals surface area contributed by atoms with Crippen LogP contribution in [0.3, 0.4) is 0 Å². The molecule has 0 saturated carbocycles. The molecular formula is C71H106N12O18. The second-order valence-corrected chi connectivity index (χ2v) is 29.9. The lowest BCUT2D eigenvalue weighted by molar-refractivity contribution is -0.198. The zero-order chi connectivity index (χ0) is 75.0. The molecule has 3 fully saturated rings. The molecule has 101 heavy (non-hydrogen) atoms. The number of fused-ring (bicyclic) bond motifs is 4. The van der Waals surface area contributed by atoms with Crippen LogP contribution in [-0.2, 0) is 63.8 Å². The molecule has 2 aromatic rings. The molecule has 0 spiro atoms. The van der Waals surface area contributed by atoms with Crippen molar-refractivity contribution in [3.8, 4) is 0 Å². The Bertz CT molecular complexity index is 3260. The lowest BCUT2D eigenvalue weighted by atomic mass is 9.90. The van der Waals surface area contributed by atoms with Gasteiger partial charge in [0.15, 0.2) is 6.10 Å². The van der Waals surface area contributed by atoms with Crippen LogP contribution in [0.4, 0.5) is 9.59 Å². The molecule has 13 atom stereocenters. The summed E-state index contributed by atoms with van der Waals surface area (Å²) >= 11 is 0. The number of hydrogen-bond acceptors (Lipinski definition) is 18. The molecule has 30 nitrogen and oxygen atoms in total. The predicted molar refractivity (Wildman–Crippen MR) is 368 cm³/mol. The van der Waals surface area contributed by atoms with Gasteiger partial charge in [-0.15, -0.1) is 0 Å². The van der Waals surface area contributed by atoms with Crippen molar-refractivity contribution >= 4 is 77.2 Å². The van der Waals surface area contributed by atoms with Gasteiger partial charge in [-0.05, 0) is 134 Å². The van der Waals surface area contributed by atoms with Crippen LogP contribution in [-0.4, -0.2) is 213 Å². The maximum Gasteiger partial charge on any atom is 0.407 e. The molecule has 0 aliphatic carbocycles. The molecule has 6 rings (SSSR count). The minimum absolute atomic E-state index is 0.00629. The van der Waals surface area contributed by atoms with Gasteiger partial charge < -0.3 is 82.5 Å². The molecule has 13 amide bonds. The average Bonchev–Trinajstić information content (AvgIpc) is 1.63. The van der Waals surface area contributed by atoms with Gasteiger partial charge in [0, 0.05) is 32.6 Å². The molecule has 0 radical (unpaired) electrons. The Hall–Kier alpha value is -8.77. The van der Waals surface area contributed by atoms with E-state index in [2.05, 4.69) is 53.2 Å². The van der Waals surface area contributed by atoms with Gasteiger partial charge in [0.05, 0.1) is 11.1 Å². The van der Waals surface area contributed by atoms with Gasteiger partial charge in [-0.3, -0.25) is 57.6 Å². The zero-order valence-electron chi connectivity index (χ0n) is 60.5. The van der Waals surface area contributed by atoms with E-state index in [1.807, 2.05) is 0 Å². The second kappa shape index (κ2) is 36.2. The van der Waals surface area contributed by atoms with E-state index in [-0.39, 0.29) is 94.0 Å². The lowest BCUT2D eigenvalue weighted by Crippen LogP contribution is -2.70. The fourth-order valence-electron chi connectivity index (χ4n) is 12.4. The van der Waals surface area contributed by atoms with Crippen molar-refractivity contribution in [2.45, 2.75) is 245 Å². The van der Waals surface area contributed by atoms with E-state index in [1.165, 1.54) is 29.2 Å². The first-order valence-corrected chi connectivity index (χ1v) is 35.0. The third-order valence-corrected chi connectivity index (χ3v) is 17.4. The molecule has 4 aliphatic heterocycles. The molecule has 3 saturated heterocycles. The largest absolute Gasteiger partial charge is 0.444 e. The second-order valence-electron chi connectivity index (χ2n) is 29.9. The van der Waals surface area contributed by atoms with E-state index in [4.69, 9.17) is 14.2 Å². The van der Waals surface area contributed by atoms with Crippen LogP contribution in [0.5, 0.6) is 0 Å². The van der Waals surface area contributed by atoms with Crippen molar-refractivity contribution in [1.29, 1.82) is 0 Å². The topological polar surface area (TPSA) is 417 Å². The number of nitrogens with one attached hydrogen (secondary N) is 10. The van der Waals surface area contributed by atoms with Crippen molar-refractivity contribution in [2.24, 2.45) is 23.7 Å². The Morgan fingerprint density at radius 2 is 0.980 bits per heavy atom. The zero-order valence-corrected chi connectivity index (χ0v) is 60.5. The van der Waals surface area contributed by atoms with Crippen molar-refractivity contribution in [1.82, 2.24) is 63.0 Å².